The number of rotatable bonds is 5. The van der Waals surface area contributed by atoms with Gasteiger partial charge in [-0.1, -0.05) is 24.3 Å². The summed E-state index contributed by atoms with van der Waals surface area (Å²) in [6, 6.07) is 13.6. The minimum absolute atomic E-state index is 0.183. The third kappa shape index (κ3) is 3.49. The number of ether oxygens (including phenoxy) is 2. The van der Waals surface area contributed by atoms with E-state index in [2.05, 4.69) is 4.98 Å². The van der Waals surface area contributed by atoms with Crippen LogP contribution >= 0.6 is 11.3 Å². The standard InChI is InChI=1S/C22H21N3O3S/c1-13-7-5-6-8-16(13)12-25-22(26)20-21(29-14(2)23-20)19(24-25)15-9-10-17(27-3)18(11-15)28-4/h5-11H,12H2,1-4H3. The lowest BCUT2D eigenvalue weighted by atomic mass is 10.1. The third-order valence-corrected chi connectivity index (χ3v) is 5.82. The van der Waals surface area contributed by atoms with Crippen molar-refractivity contribution in [2.24, 2.45) is 0 Å². The van der Waals surface area contributed by atoms with Crippen molar-refractivity contribution in [2.75, 3.05) is 14.2 Å². The van der Waals surface area contributed by atoms with E-state index in [-0.39, 0.29) is 5.56 Å². The molecule has 148 valence electrons. The summed E-state index contributed by atoms with van der Waals surface area (Å²) in [4.78, 5) is 17.6. The Kier molecular flexibility index (Phi) is 5.07. The molecular formula is C22H21N3O3S. The molecule has 0 aliphatic carbocycles. The molecule has 7 heteroatoms. The van der Waals surface area contributed by atoms with Gasteiger partial charge in [-0.05, 0) is 43.2 Å². The monoisotopic (exact) mass is 407 g/mol. The first kappa shape index (κ1) is 19.1. The van der Waals surface area contributed by atoms with Crippen LogP contribution < -0.4 is 15.0 Å². The second-order valence-corrected chi connectivity index (χ2v) is 7.92. The molecule has 0 amide bonds. The Labute approximate surface area is 172 Å². The molecule has 0 unspecified atom stereocenters. The fourth-order valence-corrected chi connectivity index (χ4v) is 4.21. The van der Waals surface area contributed by atoms with Gasteiger partial charge in [0.2, 0.25) is 0 Å². The second kappa shape index (κ2) is 7.67. The summed E-state index contributed by atoms with van der Waals surface area (Å²) >= 11 is 1.47. The predicted octanol–water partition coefficient (Wildman–Crippen LogP) is 4.20. The van der Waals surface area contributed by atoms with Crippen molar-refractivity contribution < 1.29 is 9.47 Å². The van der Waals surface area contributed by atoms with Crippen LogP contribution in [0.15, 0.2) is 47.3 Å². The molecular weight excluding hydrogens is 386 g/mol. The van der Waals surface area contributed by atoms with Gasteiger partial charge in [-0.3, -0.25) is 4.79 Å². The van der Waals surface area contributed by atoms with Crippen LogP contribution in [-0.2, 0) is 6.54 Å². The van der Waals surface area contributed by atoms with Gasteiger partial charge in [0.25, 0.3) is 5.56 Å². The van der Waals surface area contributed by atoms with Crippen LogP contribution in [0.1, 0.15) is 16.1 Å². The predicted molar refractivity (Wildman–Crippen MR) is 115 cm³/mol. The highest BCUT2D eigenvalue weighted by Gasteiger charge is 2.18. The van der Waals surface area contributed by atoms with E-state index in [1.807, 2.05) is 56.3 Å². The van der Waals surface area contributed by atoms with Gasteiger partial charge in [0, 0.05) is 5.56 Å². The molecule has 29 heavy (non-hydrogen) atoms. The Hall–Kier alpha value is -3.19. The molecule has 0 bridgehead atoms. The van der Waals surface area contributed by atoms with Gasteiger partial charge in [0.15, 0.2) is 17.0 Å². The third-order valence-electron chi connectivity index (χ3n) is 4.85. The molecule has 0 saturated carbocycles. The Morgan fingerprint density at radius 1 is 1.03 bits per heavy atom. The average Bonchev–Trinajstić information content (AvgIpc) is 3.13. The summed E-state index contributed by atoms with van der Waals surface area (Å²) in [7, 11) is 3.20. The normalized spacial score (nSPS) is 11.0. The highest BCUT2D eigenvalue weighted by atomic mass is 32.1. The van der Waals surface area contributed by atoms with Gasteiger partial charge in [-0.15, -0.1) is 11.3 Å². The van der Waals surface area contributed by atoms with Crippen LogP contribution in [0.5, 0.6) is 11.5 Å². The SMILES string of the molecule is COc1ccc(-c2nn(Cc3ccccc3C)c(=O)c3nc(C)sc23)cc1OC. The van der Waals surface area contributed by atoms with E-state index < -0.39 is 0 Å². The average molecular weight is 407 g/mol. The lowest BCUT2D eigenvalue weighted by molar-refractivity contribution is 0.355. The van der Waals surface area contributed by atoms with Crippen molar-refractivity contribution in [1.82, 2.24) is 14.8 Å². The first-order valence-corrected chi connectivity index (χ1v) is 9.98. The van der Waals surface area contributed by atoms with E-state index in [0.717, 1.165) is 26.4 Å². The van der Waals surface area contributed by atoms with Crippen LogP contribution in [0.3, 0.4) is 0 Å². The number of benzene rings is 2. The van der Waals surface area contributed by atoms with Gasteiger partial charge in [-0.25, -0.2) is 9.67 Å². The molecule has 4 rings (SSSR count). The molecule has 0 aliphatic heterocycles. The molecule has 2 aromatic carbocycles. The first-order valence-electron chi connectivity index (χ1n) is 9.17. The maximum atomic E-state index is 13.1. The zero-order valence-electron chi connectivity index (χ0n) is 16.7. The largest absolute Gasteiger partial charge is 0.493 e. The fraction of sp³-hybridized carbons (Fsp3) is 0.227. The zero-order chi connectivity index (χ0) is 20.5. The number of aromatic nitrogens is 3. The van der Waals surface area contributed by atoms with Crippen LogP contribution in [0, 0.1) is 13.8 Å². The number of hydrogen-bond acceptors (Lipinski definition) is 6. The van der Waals surface area contributed by atoms with Crippen molar-refractivity contribution >= 4 is 21.6 Å². The number of nitrogens with zero attached hydrogens (tertiary/aromatic N) is 3. The van der Waals surface area contributed by atoms with Crippen molar-refractivity contribution in [3.05, 3.63) is 69.0 Å². The summed E-state index contributed by atoms with van der Waals surface area (Å²) in [6.45, 7) is 4.31. The molecule has 0 atom stereocenters. The number of aryl methyl sites for hydroxylation is 2. The van der Waals surface area contributed by atoms with E-state index in [9.17, 15) is 4.79 Å². The molecule has 0 radical (unpaired) electrons. The van der Waals surface area contributed by atoms with Crippen LogP contribution in [0.4, 0.5) is 0 Å². The molecule has 0 N–H and O–H groups in total. The molecule has 2 aromatic heterocycles. The molecule has 0 spiro atoms. The molecule has 4 aromatic rings. The number of thiazole rings is 1. The van der Waals surface area contributed by atoms with Crippen LogP contribution in [0.2, 0.25) is 0 Å². The smallest absolute Gasteiger partial charge is 0.294 e. The summed E-state index contributed by atoms with van der Waals surface area (Å²) in [5.74, 6) is 1.25. The quantitative estimate of drug-likeness (QED) is 0.496. The van der Waals surface area contributed by atoms with Crippen LogP contribution in [-0.4, -0.2) is 29.0 Å². The number of fused-ring (bicyclic) bond motifs is 1. The minimum atomic E-state index is -0.183. The van der Waals surface area contributed by atoms with Crippen molar-refractivity contribution in [3.8, 4) is 22.8 Å². The Morgan fingerprint density at radius 3 is 2.52 bits per heavy atom. The molecule has 0 aliphatic rings. The maximum absolute atomic E-state index is 13.1. The molecule has 6 nitrogen and oxygen atoms in total. The Bertz CT molecular complexity index is 1260. The van der Waals surface area contributed by atoms with Gasteiger partial charge >= 0.3 is 0 Å². The molecule has 2 heterocycles. The van der Waals surface area contributed by atoms with Crippen molar-refractivity contribution in [2.45, 2.75) is 20.4 Å². The van der Waals surface area contributed by atoms with Crippen molar-refractivity contribution in [1.29, 1.82) is 0 Å². The first-order chi connectivity index (χ1) is 14.0. The van der Waals surface area contributed by atoms with E-state index in [4.69, 9.17) is 14.6 Å². The number of hydrogen-bond donors (Lipinski definition) is 0. The number of methoxy groups -OCH3 is 2. The van der Waals surface area contributed by atoms with Crippen molar-refractivity contribution in [3.63, 3.8) is 0 Å². The summed E-state index contributed by atoms with van der Waals surface area (Å²) < 4.78 is 13.1. The Balaban J connectivity index is 1.93. The fourth-order valence-electron chi connectivity index (χ4n) is 3.29. The Morgan fingerprint density at radius 2 is 1.79 bits per heavy atom. The minimum Gasteiger partial charge on any atom is -0.493 e. The van der Waals surface area contributed by atoms with Gasteiger partial charge in [0.1, 0.15) is 5.69 Å². The van der Waals surface area contributed by atoms with E-state index in [0.29, 0.717) is 29.3 Å². The van der Waals surface area contributed by atoms with Crippen LogP contribution in [0.25, 0.3) is 21.5 Å². The topological polar surface area (TPSA) is 66.2 Å². The lowest BCUT2D eigenvalue weighted by Gasteiger charge is -2.12. The highest BCUT2D eigenvalue weighted by Crippen LogP contribution is 2.35. The second-order valence-electron chi connectivity index (χ2n) is 6.72. The van der Waals surface area contributed by atoms with E-state index in [1.54, 1.807) is 14.2 Å². The van der Waals surface area contributed by atoms with E-state index in [1.165, 1.54) is 16.0 Å². The van der Waals surface area contributed by atoms with Gasteiger partial charge < -0.3 is 9.47 Å². The zero-order valence-corrected chi connectivity index (χ0v) is 17.5. The summed E-state index contributed by atoms with van der Waals surface area (Å²) in [5, 5.41) is 5.56. The van der Waals surface area contributed by atoms with Gasteiger partial charge in [0.05, 0.1) is 30.5 Å². The lowest BCUT2D eigenvalue weighted by Crippen LogP contribution is -2.24. The molecule has 0 fully saturated rings. The summed E-state index contributed by atoms with van der Waals surface area (Å²) in [5.41, 5.74) is 3.97. The van der Waals surface area contributed by atoms with Gasteiger partial charge in [-0.2, -0.15) is 5.10 Å². The highest BCUT2D eigenvalue weighted by molar-refractivity contribution is 7.19. The summed E-state index contributed by atoms with van der Waals surface area (Å²) in [6.07, 6.45) is 0. The van der Waals surface area contributed by atoms with E-state index >= 15 is 0 Å². The maximum Gasteiger partial charge on any atom is 0.294 e. The molecule has 0 saturated heterocycles.